The SMILES string of the molecule is O=C(Nc1ccc([N+](=O)[O-])cc1)Nc1cccc(S(=O)(=O)N2CCCC2)c1. The molecule has 1 heterocycles. The van der Waals surface area contributed by atoms with Gasteiger partial charge in [0.25, 0.3) is 5.69 Å². The highest BCUT2D eigenvalue weighted by atomic mass is 32.2. The largest absolute Gasteiger partial charge is 0.323 e. The van der Waals surface area contributed by atoms with Gasteiger partial charge in [0.2, 0.25) is 10.0 Å². The van der Waals surface area contributed by atoms with E-state index < -0.39 is 21.0 Å². The number of urea groups is 1. The highest BCUT2D eigenvalue weighted by molar-refractivity contribution is 7.89. The van der Waals surface area contributed by atoms with Crippen LogP contribution in [0.3, 0.4) is 0 Å². The number of rotatable bonds is 5. The number of benzene rings is 2. The van der Waals surface area contributed by atoms with Gasteiger partial charge >= 0.3 is 6.03 Å². The van der Waals surface area contributed by atoms with Crippen molar-refractivity contribution in [1.29, 1.82) is 0 Å². The average Bonchev–Trinajstić information content (AvgIpc) is 3.18. The molecule has 9 nitrogen and oxygen atoms in total. The Balaban J connectivity index is 1.68. The number of amides is 2. The van der Waals surface area contributed by atoms with E-state index in [-0.39, 0.29) is 10.6 Å². The molecule has 142 valence electrons. The lowest BCUT2D eigenvalue weighted by molar-refractivity contribution is -0.384. The summed E-state index contributed by atoms with van der Waals surface area (Å²) < 4.78 is 26.6. The van der Waals surface area contributed by atoms with Crippen LogP contribution in [0, 0.1) is 10.1 Å². The van der Waals surface area contributed by atoms with Crippen molar-refractivity contribution in [2.45, 2.75) is 17.7 Å². The third-order valence-corrected chi connectivity index (χ3v) is 6.03. The Morgan fingerprint density at radius 1 is 1.00 bits per heavy atom. The van der Waals surface area contributed by atoms with Gasteiger partial charge < -0.3 is 10.6 Å². The predicted octanol–water partition coefficient (Wildman–Crippen LogP) is 3.02. The minimum Gasteiger partial charge on any atom is -0.308 e. The topological polar surface area (TPSA) is 122 Å². The fraction of sp³-hybridized carbons (Fsp3) is 0.235. The number of nitrogens with one attached hydrogen (secondary N) is 2. The summed E-state index contributed by atoms with van der Waals surface area (Å²) in [4.78, 5) is 22.3. The average molecular weight is 390 g/mol. The van der Waals surface area contributed by atoms with Gasteiger partial charge in [0.15, 0.2) is 0 Å². The Morgan fingerprint density at radius 2 is 1.63 bits per heavy atom. The molecule has 0 aliphatic carbocycles. The summed E-state index contributed by atoms with van der Waals surface area (Å²) in [7, 11) is -3.57. The van der Waals surface area contributed by atoms with Crippen LogP contribution in [0.2, 0.25) is 0 Å². The summed E-state index contributed by atoms with van der Waals surface area (Å²) in [6.45, 7) is 1.00. The molecule has 1 fully saturated rings. The Hall–Kier alpha value is -2.98. The van der Waals surface area contributed by atoms with E-state index in [1.54, 1.807) is 12.1 Å². The third kappa shape index (κ3) is 4.41. The predicted molar refractivity (Wildman–Crippen MR) is 100 cm³/mol. The van der Waals surface area contributed by atoms with Crippen LogP contribution in [0.4, 0.5) is 21.9 Å². The van der Waals surface area contributed by atoms with E-state index in [1.807, 2.05) is 0 Å². The first kappa shape index (κ1) is 18.8. The van der Waals surface area contributed by atoms with Gasteiger partial charge in [-0.25, -0.2) is 13.2 Å². The van der Waals surface area contributed by atoms with Crippen LogP contribution in [-0.4, -0.2) is 36.8 Å². The van der Waals surface area contributed by atoms with E-state index in [4.69, 9.17) is 0 Å². The van der Waals surface area contributed by atoms with Crippen LogP contribution >= 0.6 is 0 Å². The molecular weight excluding hydrogens is 372 g/mol. The van der Waals surface area contributed by atoms with Crippen LogP contribution in [0.5, 0.6) is 0 Å². The summed E-state index contributed by atoms with van der Waals surface area (Å²) in [6.07, 6.45) is 1.68. The number of nitro groups is 1. The molecule has 0 aromatic heterocycles. The first-order chi connectivity index (χ1) is 12.9. The normalized spacial score (nSPS) is 14.7. The molecule has 3 rings (SSSR count). The lowest BCUT2D eigenvalue weighted by Gasteiger charge is -2.16. The van der Waals surface area contributed by atoms with Crippen LogP contribution in [0.1, 0.15) is 12.8 Å². The summed E-state index contributed by atoms with van der Waals surface area (Å²) in [5.41, 5.74) is 0.620. The maximum absolute atomic E-state index is 12.6. The monoisotopic (exact) mass is 390 g/mol. The van der Waals surface area contributed by atoms with Crippen LogP contribution in [0.15, 0.2) is 53.4 Å². The summed E-state index contributed by atoms with van der Waals surface area (Å²) >= 11 is 0. The molecule has 0 atom stereocenters. The number of nitrogens with zero attached hydrogens (tertiary/aromatic N) is 2. The fourth-order valence-corrected chi connectivity index (χ4v) is 4.34. The van der Waals surface area contributed by atoms with Gasteiger partial charge in [-0.2, -0.15) is 4.31 Å². The van der Waals surface area contributed by atoms with Crippen molar-refractivity contribution in [1.82, 2.24) is 4.31 Å². The Labute approximate surface area is 156 Å². The smallest absolute Gasteiger partial charge is 0.308 e. The van der Waals surface area contributed by atoms with E-state index in [0.717, 1.165) is 12.8 Å². The van der Waals surface area contributed by atoms with Crippen molar-refractivity contribution in [2.24, 2.45) is 0 Å². The van der Waals surface area contributed by atoms with Gasteiger partial charge in [-0.05, 0) is 43.2 Å². The second kappa shape index (κ2) is 7.72. The van der Waals surface area contributed by atoms with Gasteiger partial charge in [-0.1, -0.05) is 6.07 Å². The number of nitro benzene ring substituents is 1. The third-order valence-electron chi connectivity index (χ3n) is 4.13. The summed E-state index contributed by atoms with van der Waals surface area (Å²) in [5, 5.41) is 15.7. The molecule has 0 spiro atoms. The molecule has 2 aromatic rings. The number of hydrogen-bond acceptors (Lipinski definition) is 5. The highest BCUT2D eigenvalue weighted by Crippen LogP contribution is 2.23. The number of hydrogen-bond donors (Lipinski definition) is 2. The van der Waals surface area contributed by atoms with Gasteiger partial charge in [0.05, 0.1) is 9.82 Å². The number of sulfonamides is 1. The van der Waals surface area contributed by atoms with Crippen molar-refractivity contribution in [3.63, 3.8) is 0 Å². The molecule has 2 N–H and O–H groups in total. The number of carbonyl (C=O) groups is 1. The Bertz CT molecular complexity index is 954. The molecule has 1 saturated heterocycles. The quantitative estimate of drug-likeness (QED) is 0.600. The molecule has 2 aromatic carbocycles. The molecular formula is C17H18N4O5S. The Kier molecular flexibility index (Phi) is 5.38. The van der Waals surface area contributed by atoms with Crippen molar-refractivity contribution in [2.75, 3.05) is 23.7 Å². The molecule has 0 bridgehead atoms. The standard InChI is InChI=1S/C17H18N4O5S/c22-17(18-13-6-8-15(9-7-13)21(23)24)19-14-4-3-5-16(12-14)27(25,26)20-10-1-2-11-20/h3-9,12H,1-2,10-11H2,(H2,18,19,22). The molecule has 10 heteroatoms. The minimum atomic E-state index is -3.57. The number of non-ortho nitro benzene ring substituents is 1. The van der Waals surface area contributed by atoms with Crippen molar-refractivity contribution < 1.29 is 18.1 Å². The summed E-state index contributed by atoms with van der Waals surface area (Å²) in [5.74, 6) is 0. The molecule has 0 radical (unpaired) electrons. The molecule has 1 aliphatic rings. The molecule has 0 saturated carbocycles. The lowest BCUT2D eigenvalue weighted by Crippen LogP contribution is -2.28. The summed E-state index contributed by atoms with van der Waals surface area (Å²) in [6, 6.07) is 10.8. The van der Waals surface area contributed by atoms with Crippen molar-refractivity contribution in [3.05, 3.63) is 58.6 Å². The molecule has 0 unspecified atom stereocenters. The van der Waals surface area contributed by atoms with E-state index in [0.29, 0.717) is 24.5 Å². The van der Waals surface area contributed by atoms with Gasteiger partial charge in [0.1, 0.15) is 0 Å². The van der Waals surface area contributed by atoms with Gasteiger partial charge in [0, 0.05) is 36.6 Å². The number of carbonyl (C=O) groups excluding carboxylic acids is 1. The van der Waals surface area contributed by atoms with E-state index >= 15 is 0 Å². The van der Waals surface area contributed by atoms with E-state index in [1.165, 1.54) is 40.7 Å². The molecule has 2 amide bonds. The first-order valence-electron chi connectivity index (χ1n) is 8.29. The zero-order chi connectivity index (χ0) is 19.4. The van der Waals surface area contributed by atoms with Gasteiger partial charge in [-0.15, -0.1) is 0 Å². The van der Waals surface area contributed by atoms with E-state index in [2.05, 4.69) is 10.6 Å². The highest BCUT2D eigenvalue weighted by Gasteiger charge is 2.27. The van der Waals surface area contributed by atoms with Gasteiger partial charge in [-0.3, -0.25) is 10.1 Å². The van der Waals surface area contributed by atoms with Crippen molar-refractivity contribution in [3.8, 4) is 0 Å². The maximum atomic E-state index is 12.6. The zero-order valence-corrected chi connectivity index (χ0v) is 15.1. The van der Waals surface area contributed by atoms with E-state index in [9.17, 15) is 23.3 Å². The minimum absolute atomic E-state index is 0.0826. The zero-order valence-electron chi connectivity index (χ0n) is 14.3. The Morgan fingerprint density at radius 3 is 2.26 bits per heavy atom. The first-order valence-corrected chi connectivity index (χ1v) is 9.73. The van der Waals surface area contributed by atoms with Crippen LogP contribution in [-0.2, 0) is 10.0 Å². The lowest BCUT2D eigenvalue weighted by atomic mass is 10.3. The molecule has 27 heavy (non-hydrogen) atoms. The van der Waals surface area contributed by atoms with Crippen LogP contribution < -0.4 is 10.6 Å². The second-order valence-electron chi connectivity index (χ2n) is 6.02. The molecule has 1 aliphatic heterocycles. The second-order valence-corrected chi connectivity index (χ2v) is 7.96. The van der Waals surface area contributed by atoms with Crippen molar-refractivity contribution >= 4 is 33.1 Å². The number of anilines is 2. The fourth-order valence-electron chi connectivity index (χ4n) is 2.77. The van der Waals surface area contributed by atoms with Crippen LogP contribution in [0.25, 0.3) is 0 Å². The maximum Gasteiger partial charge on any atom is 0.323 e.